The monoisotopic (exact) mass is 490 g/mol. The molecule has 0 radical (unpaired) electrons. The van der Waals surface area contributed by atoms with E-state index in [2.05, 4.69) is 41.3 Å². The molecule has 27 heavy (non-hydrogen) atoms. The SMILES string of the molecule is CCN(CC)CCCC(C)NC(=NC)NCCCCOc1ccccc1.I. The lowest BCUT2D eigenvalue weighted by atomic mass is 10.2. The van der Waals surface area contributed by atoms with E-state index in [1.807, 2.05) is 37.4 Å². The van der Waals surface area contributed by atoms with Crippen molar-refractivity contribution in [1.29, 1.82) is 0 Å². The summed E-state index contributed by atoms with van der Waals surface area (Å²) < 4.78 is 5.71. The summed E-state index contributed by atoms with van der Waals surface area (Å²) >= 11 is 0. The number of para-hydroxylation sites is 1. The molecule has 0 heterocycles. The number of nitrogens with zero attached hydrogens (tertiary/aromatic N) is 2. The minimum absolute atomic E-state index is 0. The molecule has 6 heteroatoms. The molecule has 0 saturated carbocycles. The summed E-state index contributed by atoms with van der Waals surface area (Å²) in [7, 11) is 1.83. The van der Waals surface area contributed by atoms with Crippen LogP contribution in [-0.4, -0.2) is 56.7 Å². The van der Waals surface area contributed by atoms with Gasteiger partial charge in [-0.2, -0.15) is 0 Å². The first kappa shape index (κ1) is 26.0. The second-order valence-electron chi connectivity index (χ2n) is 6.58. The number of guanidine groups is 1. The Kier molecular flexibility index (Phi) is 16.5. The molecule has 0 fully saturated rings. The molecule has 0 bridgehead atoms. The van der Waals surface area contributed by atoms with Crippen LogP contribution in [0.25, 0.3) is 0 Å². The average Bonchev–Trinajstić information content (AvgIpc) is 2.67. The highest BCUT2D eigenvalue weighted by Crippen LogP contribution is 2.08. The number of benzene rings is 1. The molecule has 2 N–H and O–H groups in total. The lowest BCUT2D eigenvalue weighted by Gasteiger charge is -2.21. The van der Waals surface area contributed by atoms with Crippen LogP contribution in [-0.2, 0) is 0 Å². The van der Waals surface area contributed by atoms with Crippen LogP contribution in [0, 0.1) is 0 Å². The van der Waals surface area contributed by atoms with Crippen molar-refractivity contribution in [3.63, 3.8) is 0 Å². The summed E-state index contributed by atoms with van der Waals surface area (Å²) in [5.74, 6) is 1.83. The van der Waals surface area contributed by atoms with Gasteiger partial charge < -0.3 is 20.3 Å². The third kappa shape index (κ3) is 12.9. The van der Waals surface area contributed by atoms with Crippen LogP contribution in [0.1, 0.15) is 46.5 Å². The van der Waals surface area contributed by atoms with Crippen LogP contribution < -0.4 is 15.4 Å². The molecule has 1 aromatic rings. The maximum Gasteiger partial charge on any atom is 0.191 e. The molecule has 5 nitrogen and oxygen atoms in total. The summed E-state index contributed by atoms with van der Waals surface area (Å²) in [5, 5.41) is 6.88. The van der Waals surface area contributed by atoms with Crippen LogP contribution in [0.4, 0.5) is 0 Å². The Balaban J connectivity index is 0.00000676. The van der Waals surface area contributed by atoms with Gasteiger partial charge in [-0.15, -0.1) is 24.0 Å². The van der Waals surface area contributed by atoms with Gasteiger partial charge in [-0.25, -0.2) is 0 Å². The van der Waals surface area contributed by atoms with Crippen molar-refractivity contribution in [2.75, 3.05) is 39.8 Å². The van der Waals surface area contributed by atoms with Crippen molar-refractivity contribution >= 4 is 29.9 Å². The standard InChI is InChI=1S/C21H38N4O.HI/c1-5-25(6-2)17-12-13-19(3)24-21(22-4)23-16-10-11-18-26-20-14-8-7-9-15-20;/h7-9,14-15,19H,5-6,10-13,16-18H2,1-4H3,(H2,22,23,24);1H. The molecule has 0 aromatic heterocycles. The number of hydrogen-bond donors (Lipinski definition) is 2. The van der Waals surface area contributed by atoms with Gasteiger partial charge in [0.05, 0.1) is 6.61 Å². The van der Waals surface area contributed by atoms with Crippen LogP contribution in [0.2, 0.25) is 0 Å². The molecule has 0 aliphatic rings. The van der Waals surface area contributed by atoms with Gasteiger partial charge in [-0.3, -0.25) is 4.99 Å². The first-order valence-electron chi connectivity index (χ1n) is 10.1. The number of hydrogen-bond acceptors (Lipinski definition) is 3. The molecule has 156 valence electrons. The van der Waals surface area contributed by atoms with Crippen molar-refractivity contribution < 1.29 is 4.74 Å². The predicted molar refractivity (Wildman–Crippen MR) is 128 cm³/mol. The number of ether oxygens (including phenoxy) is 1. The van der Waals surface area contributed by atoms with E-state index in [4.69, 9.17) is 4.74 Å². The fourth-order valence-electron chi connectivity index (χ4n) is 2.80. The highest BCUT2D eigenvalue weighted by Gasteiger charge is 2.06. The Bertz CT molecular complexity index is 480. The van der Waals surface area contributed by atoms with Crippen LogP contribution in [0.5, 0.6) is 5.75 Å². The number of halogens is 1. The Morgan fingerprint density at radius 2 is 1.81 bits per heavy atom. The van der Waals surface area contributed by atoms with Gasteiger partial charge in [0.1, 0.15) is 5.75 Å². The van der Waals surface area contributed by atoms with Crippen molar-refractivity contribution in [3.05, 3.63) is 30.3 Å². The van der Waals surface area contributed by atoms with E-state index in [0.29, 0.717) is 6.04 Å². The molecule has 0 saturated heterocycles. The zero-order valence-corrected chi connectivity index (χ0v) is 19.9. The van der Waals surface area contributed by atoms with E-state index in [1.54, 1.807) is 0 Å². The van der Waals surface area contributed by atoms with Crippen molar-refractivity contribution in [3.8, 4) is 5.75 Å². The Morgan fingerprint density at radius 1 is 1.11 bits per heavy atom. The highest BCUT2D eigenvalue weighted by atomic mass is 127. The molecular formula is C21H39IN4O. The minimum Gasteiger partial charge on any atom is -0.494 e. The summed E-state index contributed by atoms with van der Waals surface area (Å²) in [6, 6.07) is 10.4. The van der Waals surface area contributed by atoms with Gasteiger partial charge in [0.25, 0.3) is 0 Å². The van der Waals surface area contributed by atoms with Crippen molar-refractivity contribution in [2.45, 2.75) is 52.5 Å². The zero-order valence-electron chi connectivity index (χ0n) is 17.5. The van der Waals surface area contributed by atoms with Gasteiger partial charge in [0.15, 0.2) is 5.96 Å². The zero-order chi connectivity index (χ0) is 19.0. The van der Waals surface area contributed by atoms with Crippen LogP contribution in [0.15, 0.2) is 35.3 Å². The Morgan fingerprint density at radius 3 is 2.44 bits per heavy atom. The van der Waals surface area contributed by atoms with Gasteiger partial charge in [-0.05, 0) is 64.4 Å². The summed E-state index contributed by atoms with van der Waals surface area (Å²) in [6.07, 6.45) is 4.45. The average molecular weight is 490 g/mol. The van der Waals surface area contributed by atoms with E-state index in [9.17, 15) is 0 Å². The number of aliphatic imine (C=N–C) groups is 1. The van der Waals surface area contributed by atoms with E-state index in [0.717, 1.165) is 57.2 Å². The minimum atomic E-state index is 0. The van der Waals surface area contributed by atoms with Crippen LogP contribution >= 0.6 is 24.0 Å². The molecule has 1 atom stereocenters. The van der Waals surface area contributed by atoms with Crippen molar-refractivity contribution in [2.24, 2.45) is 4.99 Å². The molecule has 1 rings (SSSR count). The Hall–Kier alpha value is -1.02. The van der Waals surface area contributed by atoms with Gasteiger partial charge in [0.2, 0.25) is 0 Å². The lowest BCUT2D eigenvalue weighted by Crippen LogP contribution is -2.42. The molecule has 1 aromatic carbocycles. The fraction of sp³-hybridized carbons (Fsp3) is 0.667. The van der Waals surface area contributed by atoms with E-state index in [-0.39, 0.29) is 24.0 Å². The van der Waals surface area contributed by atoms with Gasteiger partial charge in [0, 0.05) is 19.6 Å². The molecule has 0 aliphatic heterocycles. The largest absolute Gasteiger partial charge is 0.494 e. The molecule has 0 spiro atoms. The van der Waals surface area contributed by atoms with Crippen molar-refractivity contribution in [1.82, 2.24) is 15.5 Å². The molecule has 0 aliphatic carbocycles. The van der Waals surface area contributed by atoms with E-state index >= 15 is 0 Å². The molecule has 0 amide bonds. The molecule has 1 unspecified atom stereocenters. The fourth-order valence-corrected chi connectivity index (χ4v) is 2.80. The number of rotatable bonds is 13. The maximum absolute atomic E-state index is 5.71. The first-order valence-corrected chi connectivity index (χ1v) is 10.1. The Labute approximate surface area is 183 Å². The van der Waals surface area contributed by atoms with E-state index < -0.39 is 0 Å². The van der Waals surface area contributed by atoms with E-state index in [1.165, 1.54) is 13.0 Å². The summed E-state index contributed by atoms with van der Waals surface area (Å²) in [4.78, 5) is 6.79. The molecular weight excluding hydrogens is 451 g/mol. The smallest absolute Gasteiger partial charge is 0.191 e. The number of unbranched alkanes of at least 4 members (excludes halogenated alkanes) is 1. The normalized spacial score (nSPS) is 12.4. The first-order chi connectivity index (χ1) is 12.7. The maximum atomic E-state index is 5.71. The second-order valence-corrected chi connectivity index (χ2v) is 6.58. The van der Waals surface area contributed by atoms with Gasteiger partial charge in [-0.1, -0.05) is 32.0 Å². The summed E-state index contributed by atoms with van der Waals surface area (Å²) in [6.45, 7) is 11.8. The highest BCUT2D eigenvalue weighted by molar-refractivity contribution is 14.0. The van der Waals surface area contributed by atoms with Crippen LogP contribution in [0.3, 0.4) is 0 Å². The third-order valence-corrected chi connectivity index (χ3v) is 4.49. The lowest BCUT2D eigenvalue weighted by molar-refractivity contribution is 0.292. The predicted octanol–water partition coefficient (Wildman–Crippen LogP) is 4.14. The van der Waals surface area contributed by atoms with Gasteiger partial charge >= 0.3 is 0 Å². The topological polar surface area (TPSA) is 48.9 Å². The third-order valence-electron chi connectivity index (χ3n) is 4.49. The quantitative estimate of drug-likeness (QED) is 0.189. The second kappa shape index (κ2) is 17.1. The summed E-state index contributed by atoms with van der Waals surface area (Å²) in [5.41, 5.74) is 0. The number of nitrogens with one attached hydrogen (secondary N) is 2.